The Balaban J connectivity index is 1.63. The summed E-state index contributed by atoms with van der Waals surface area (Å²) in [5, 5.41) is 10.5. The van der Waals surface area contributed by atoms with E-state index in [1.165, 1.54) is 0 Å². The van der Waals surface area contributed by atoms with E-state index in [4.69, 9.17) is 0 Å². The molecule has 0 spiro atoms. The third-order valence-corrected chi connectivity index (χ3v) is 5.57. The number of hydrogen-bond donors (Lipinski definition) is 1. The van der Waals surface area contributed by atoms with E-state index >= 15 is 0 Å². The van der Waals surface area contributed by atoms with Crippen molar-refractivity contribution in [2.75, 3.05) is 20.1 Å². The summed E-state index contributed by atoms with van der Waals surface area (Å²) in [7, 11) is 1.81. The summed E-state index contributed by atoms with van der Waals surface area (Å²) >= 11 is 0. The third-order valence-electron chi connectivity index (χ3n) is 5.57. The van der Waals surface area contributed by atoms with E-state index in [1.807, 2.05) is 73.1 Å². The van der Waals surface area contributed by atoms with Gasteiger partial charge in [-0.25, -0.2) is 4.98 Å². The highest BCUT2D eigenvalue weighted by Crippen LogP contribution is 2.24. The van der Waals surface area contributed by atoms with Crippen molar-refractivity contribution in [2.45, 2.75) is 38.5 Å². The number of pyridine rings is 1. The molecule has 1 aliphatic rings. The van der Waals surface area contributed by atoms with Crippen LogP contribution in [-0.2, 0) is 13.1 Å². The maximum absolute atomic E-state index is 13.3. The van der Waals surface area contributed by atoms with Gasteiger partial charge in [0.2, 0.25) is 0 Å². The number of aromatic nitrogens is 2. The number of carbonyl (C=O) groups is 1. The van der Waals surface area contributed by atoms with Gasteiger partial charge in [-0.05, 0) is 44.0 Å². The summed E-state index contributed by atoms with van der Waals surface area (Å²) in [6.07, 6.45) is 3.71. The van der Waals surface area contributed by atoms with Gasteiger partial charge in [-0.3, -0.25) is 9.69 Å². The lowest BCUT2D eigenvalue weighted by atomic mass is 9.95. The number of aliphatic hydroxyl groups is 1. The van der Waals surface area contributed by atoms with E-state index in [9.17, 15) is 9.90 Å². The molecule has 6 heteroatoms. The molecule has 1 amide bonds. The first kappa shape index (κ1) is 19.6. The van der Waals surface area contributed by atoms with Gasteiger partial charge in [-0.2, -0.15) is 0 Å². The van der Waals surface area contributed by atoms with Crippen LogP contribution in [0.25, 0.3) is 5.65 Å². The van der Waals surface area contributed by atoms with E-state index in [0.29, 0.717) is 25.3 Å². The smallest absolute Gasteiger partial charge is 0.274 e. The van der Waals surface area contributed by atoms with Crippen LogP contribution in [0.3, 0.4) is 0 Å². The lowest BCUT2D eigenvalue weighted by molar-refractivity contribution is -0.0186. The highest BCUT2D eigenvalue weighted by atomic mass is 16.3. The van der Waals surface area contributed by atoms with Crippen LogP contribution >= 0.6 is 0 Å². The summed E-state index contributed by atoms with van der Waals surface area (Å²) in [6.45, 7) is 4.50. The zero-order valence-corrected chi connectivity index (χ0v) is 17.1. The standard InChI is InChI=1S/C23H28N4O2/c1-23(29)12-8-13-26(17-23)16-19-21(24-20-11-6-7-14-27(19)20)22(28)25(2)15-18-9-4-3-5-10-18/h3-7,9-11,14,29H,8,12-13,15-17H2,1-2H3/t23-/m1/s1. The minimum atomic E-state index is -0.687. The number of hydrogen-bond acceptors (Lipinski definition) is 4. The molecule has 1 N–H and O–H groups in total. The Morgan fingerprint density at radius 2 is 1.97 bits per heavy atom. The Kier molecular flexibility index (Phi) is 5.39. The number of imidazole rings is 1. The van der Waals surface area contributed by atoms with Gasteiger partial charge in [0.15, 0.2) is 5.69 Å². The zero-order valence-electron chi connectivity index (χ0n) is 17.1. The second kappa shape index (κ2) is 7.97. The van der Waals surface area contributed by atoms with Gasteiger partial charge in [0.25, 0.3) is 5.91 Å². The SMILES string of the molecule is CN(Cc1ccccc1)C(=O)c1nc2ccccn2c1CN1CCC[C@@](C)(O)C1. The highest BCUT2D eigenvalue weighted by molar-refractivity contribution is 5.94. The van der Waals surface area contributed by atoms with E-state index in [0.717, 1.165) is 36.3 Å². The molecule has 1 aromatic carbocycles. The molecular formula is C23H28N4O2. The predicted molar refractivity (Wildman–Crippen MR) is 113 cm³/mol. The Hall–Kier alpha value is -2.70. The van der Waals surface area contributed by atoms with Crippen LogP contribution in [0.4, 0.5) is 0 Å². The van der Waals surface area contributed by atoms with Crippen molar-refractivity contribution in [3.63, 3.8) is 0 Å². The van der Waals surface area contributed by atoms with Gasteiger partial charge in [-0.1, -0.05) is 36.4 Å². The summed E-state index contributed by atoms with van der Waals surface area (Å²) in [5.41, 5.74) is 2.53. The highest BCUT2D eigenvalue weighted by Gasteiger charge is 2.30. The van der Waals surface area contributed by atoms with Crippen molar-refractivity contribution < 1.29 is 9.90 Å². The van der Waals surface area contributed by atoms with Crippen LogP contribution in [0.15, 0.2) is 54.7 Å². The van der Waals surface area contributed by atoms with E-state index in [1.54, 1.807) is 4.90 Å². The van der Waals surface area contributed by atoms with Crippen LogP contribution in [0, 0.1) is 0 Å². The van der Waals surface area contributed by atoms with Crippen LogP contribution < -0.4 is 0 Å². The number of piperidine rings is 1. The lowest BCUT2D eigenvalue weighted by Crippen LogP contribution is -2.45. The summed E-state index contributed by atoms with van der Waals surface area (Å²) in [4.78, 5) is 21.9. The molecule has 1 aliphatic heterocycles. The van der Waals surface area contributed by atoms with Crippen LogP contribution in [0.5, 0.6) is 0 Å². The van der Waals surface area contributed by atoms with Crippen LogP contribution in [0.1, 0.15) is 41.5 Å². The fourth-order valence-electron chi connectivity index (χ4n) is 4.15. The molecule has 0 bridgehead atoms. The molecule has 6 nitrogen and oxygen atoms in total. The molecule has 0 unspecified atom stereocenters. The zero-order chi connectivity index (χ0) is 20.4. The van der Waals surface area contributed by atoms with E-state index in [2.05, 4.69) is 9.88 Å². The second-order valence-corrected chi connectivity index (χ2v) is 8.29. The van der Waals surface area contributed by atoms with Crippen LogP contribution in [0.2, 0.25) is 0 Å². The molecule has 1 atom stereocenters. The number of nitrogens with zero attached hydrogens (tertiary/aromatic N) is 4. The molecule has 0 aliphatic carbocycles. The fraction of sp³-hybridized carbons (Fsp3) is 0.391. The van der Waals surface area contributed by atoms with E-state index < -0.39 is 5.60 Å². The Morgan fingerprint density at radius 3 is 2.72 bits per heavy atom. The maximum atomic E-state index is 13.3. The molecule has 3 heterocycles. The molecule has 29 heavy (non-hydrogen) atoms. The molecule has 152 valence electrons. The fourth-order valence-corrected chi connectivity index (χ4v) is 4.15. The van der Waals surface area contributed by atoms with Crippen molar-refractivity contribution in [3.8, 4) is 0 Å². The second-order valence-electron chi connectivity index (χ2n) is 8.29. The van der Waals surface area contributed by atoms with Gasteiger partial charge in [0, 0.05) is 32.9 Å². The minimum absolute atomic E-state index is 0.0867. The number of benzene rings is 1. The normalized spacial score (nSPS) is 20.1. The first-order valence-electron chi connectivity index (χ1n) is 10.1. The monoisotopic (exact) mass is 392 g/mol. The third kappa shape index (κ3) is 4.33. The molecule has 0 radical (unpaired) electrons. The van der Waals surface area contributed by atoms with Gasteiger partial charge in [0.05, 0.1) is 11.3 Å². The quantitative estimate of drug-likeness (QED) is 0.725. The van der Waals surface area contributed by atoms with Gasteiger partial charge in [-0.15, -0.1) is 0 Å². The Labute approximate surface area is 171 Å². The predicted octanol–water partition coefficient (Wildman–Crippen LogP) is 2.95. The summed E-state index contributed by atoms with van der Waals surface area (Å²) in [6, 6.07) is 15.8. The summed E-state index contributed by atoms with van der Waals surface area (Å²) < 4.78 is 1.99. The molecule has 3 aromatic rings. The Morgan fingerprint density at radius 1 is 1.21 bits per heavy atom. The largest absolute Gasteiger partial charge is 0.389 e. The molecular weight excluding hydrogens is 364 g/mol. The van der Waals surface area contributed by atoms with Gasteiger partial charge >= 0.3 is 0 Å². The summed E-state index contributed by atoms with van der Waals surface area (Å²) in [5.74, 6) is -0.0867. The lowest BCUT2D eigenvalue weighted by Gasteiger charge is -2.36. The number of fused-ring (bicyclic) bond motifs is 1. The number of rotatable bonds is 5. The van der Waals surface area contributed by atoms with Crippen molar-refractivity contribution in [1.29, 1.82) is 0 Å². The molecule has 4 rings (SSSR count). The van der Waals surface area contributed by atoms with Crippen molar-refractivity contribution in [2.24, 2.45) is 0 Å². The van der Waals surface area contributed by atoms with Gasteiger partial charge < -0.3 is 14.4 Å². The minimum Gasteiger partial charge on any atom is -0.389 e. The van der Waals surface area contributed by atoms with Crippen LogP contribution in [-0.4, -0.2) is 55.9 Å². The average Bonchev–Trinajstić information content (AvgIpc) is 3.06. The Bertz CT molecular complexity index is 997. The van der Waals surface area contributed by atoms with Crippen molar-refractivity contribution in [3.05, 3.63) is 71.7 Å². The number of β-amino-alcohol motifs (C(OH)–C–C–N with tert-alkyl or cyclic N) is 1. The topological polar surface area (TPSA) is 61.1 Å². The molecule has 1 fully saturated rings. The number of amides is 1. The van der Waals surface area contributed by atoms with Crippen molar-refractivity contribution >= 4 is 11.6 Å². The molecule has 2 aromatic heterocycles. The average molecular weight is 393 g/mol. The number of likely N-dealkylation sites (tertiary alicyclic amines) is 1. The van der Waals surface area contributed by atoms with E-state index in [-0.39, 0.29) is 5.91 Å². The first-order chi connectivity index (χ1) is 13.9. The molecule has 0 saturated carbocycles. The van der Waals surface area contributed by atoms with Gasteiger partial charge in [0.1, 0.15) is 5.65 Å². The number of carbonyl (C=O) groups excluding carboxylic acids is 1. The first-order valence-corrected chi connectivity index (χ1v) is 10.1. The maximum Gasteiger partial charge on any atom is 0.274 e. The van der Waals surface area contributed by atoms with Crippen molar-refractivity contribution in [1.82, 2.24) is 19.2 Å². The molecule has 1 saturated heterocycles.